The van der Waals surface area contributed by atoms with Crippen LogP contribution in [-0.4, -0.2) is 49.8 Å². The van der Waals surface area contributed by atoms with Crippen molar-refractivity contribution in [1.82, 2.24) is 4.90 Å². The Morgan fingerprint density at radius 2 is 1.86 bits per heavy atom. The molecule has 2 heterocycles. The van der Waals surface area contributed by atoms with E-state index in [-0.39, 0.29) is 12.4 Å². The summed E-state index contributed by atoms with van der Waals surface area (Å²) in [5, 5.41) is 6.39. The Morgan fingerprint density at radius 3 is 2.50 bits per heavy atom. The molecule has 1 N–H and O–H groups in total. The van der Waals surface area contributed by atoms with E-state index in [0.29, 0.717) is 5.88 Å². The number of nitrogens with zero attached hydrogens (tertiary/aromatic N) is 2. The summed E-state index contributed by atoms with van der Waals surface area (Å²) < 4.78 is 5.45. The highest BCUT2D eigenvalue weighted by atomic mass is 35.5. The van der Waals surface area contributed by atoms with Gasteiger partial charge in [0, 0.05) is 18.1 Å². The number of hydrogen-bond acceptors (Lipinski definition) is 3. The van der Waals surface area contributed by atoms with Crippen molar-refractivity contribution in [1.29, 1.82) is 0 Å². The van der Waals surface area contributed by atoms with Crippen molar-refractivity contribution in [3.63, 3.8) is 0 Å². The average Bonchev–Trinajstić information content (AvgIpc) is 2.93. The van der Waals surface area contributed by atoms with Gasteiger partial charge in [-0.3, -0.25) is 0 Å². The summed E-state index contributed by atoms with van der Waals surface area (Å²) >= 11 is 11.9. The van der Waals surface area contributed by atoms with Gasteiger partial charge in [0.05, 0.1) is 30.9 Å². The molecule has 1 atom stereocenters. The zero-order chi connectivity index (χ0) is 14.7. The van der Waals surface area contributed by atoms with E-state index in [2.05, 4.69) is 10.0 Å². The van der Waals surface area contributed by atoms with Crippen LogP contribution in [0.15, 0.2) is 35.2 Å². The maximum absolute atomic E-state index is 5.98. The van der Waals surface area contributed by atoms with Crippen LogP contribution >= 0.6 is 23.2 Å². The Hall–Kier alpha value is -0.780. The van der Waals surface area contributed by atoms with Gasteiger partial charge < -0.3 is 22.0 Å². The van der Waals surface area contributed by atoms with Gasteiger partial charge in [-0.1, -0.05) is 28.8 Å². The molecule has 22 heavy (non-hydrogen) atoms. The van der Waals surface area contributed by atoms with Gasteiger partial charge in [-0.05, 0) is 17.7 Å². The van der Waals surface area contributed by atoms with Crippen LogP contribution in [0.5, 0.6) is 0 Å². The average molecular weight is 363 g/mol. The number of rotatable bonds is 4. The van der Waals surface area contributed by atoms with Gasteiger partial charge >= 0.3 is 0 Å². The van der Waals surface area contributed by atoms with Gasteiger partial charge in [0.1, 0.15) is 6.54 Å². The third-order valence-electron chi connectivity index (χ3n) is 3.69. The predicted octanol–water partition coefficient (Wildman–Crippen LogP) is -1.53. The molecule has 2 aliphatic rings. The lowest BCUT2D eigenvalue weighted by Gasteiger charge is -2.30. The Labute approximate surface area is 146 Å². The van der Waals surface area contributed by atoms with E-state index in [4.69, 9.17) is 27.9 Å². The quantitative estimate of drug-likeness (QED) is 0.659. The molecule has 0 aliphatic carbocycles. The smallest absolute Gasteiger partial charge is 0.238 e. The van der Waals surface area contributed by atoms with Crippen LogP contribution in [0.2, 0.25) is 5.02 Å². The summed E-state index contributed by atoms with van der Waals surface area (Å²) in [6.07, 6.45) is 1.94. The van der Waals surface area contributed by atoms with Crippen LogP contribution in [0.4, 0.5) is 0 Å². The maximum atomic E-state index is 5.98. The van der Waals surface area contributed by atoms with E-state index in [1.807, 2.05) is 30.5 Å². The molecule has 0 saturated carbocycles. The lowest BCUT2D eigenvalue weighted by atomic mass is 10.1. The van der Waals surface area contributed by atoms with Crippen LogP contribution in [0.1, 0.15) is 5.56 Å². The first kappa shape index (κ1) is 17.6. The molecule has 1 aromatic rings. The SMILES string of the molecule is ClCC[NH+]1N=CC(c2ccc(Cl)cc2)=C1N1CCOCC1.[Cl-]. The molecule has 0 bridgehead atoms. The molecule has 1 unspecified atom stereocenters. The number of morpholine rings is 1. The van der Waals surface area contributed by atoms with Crippen LogP contribution < -0.4 is 17.4 Å². The Bertz CT molecular complexity index is 554. The number of halogens is 3. The van der Waals surface area contributed by atoms with Crippen molar-refractivity contribution >= 4 is 35.0 Å². The molecule has 0 amide bonds. The molecule has 7 heteroatoms. The first-order valence-electron chi connectivity index (χ1n) is 7.09. The second-order valence-corrected chi connectivity index (χ2v) is 5.83. The number of quaternary nitrogens is 1. The van der Waals surface area contributed by atoms with E-state index in [0.717, 1.165) is 54.0 Å². The summed E-state index contributed by atoms with van der Waals surface area (Å²) in [5.41, 5.74) is 2.28. The van der Waals surface area contributed by atoms with Crippen LogP contribution in [0.3, 0.4) is 0 Å². The second kappa shape index (κ2) is 8.18. The largest absolute Gasteiger partial charge is 1.00 e. The number of alkyl halides is 1. The van der Waals surface area contributed by atoms with E-state index in [1.165, 1.54) is 5.82 Å². The molecule has 120 valence electrons. The van der Waals surface area contributed by atoms with Gasteiger partial charge in [0.2, 0.25) is 5.82 Å². The molecule has 4 nitrogen and oxygen atoms in total. The minimum absolute atomic E-state index is 0. The predicted molar refractivity (Wildman–Crippen MR) is 85.8 cm³/mol. The fourth-order valence-electron chi connectivity index (χ4n) is 2.67. The fourth-order valence-corrected chi connectivity index (χ4v) is 2.98. The third kappa shape index (κ3) is 3.76. The number of nitrogens with one attached hydrogen (secondary N) is 1. The minimum Gasteiger partial charge on any atom is -1.00 e. The van der Waals surface area contributed by atoms with E-state index < -0.39 is 0 Å². The van der Waals surface area contributed by atoms with E-state index >= 15 is 0 Å². The van der Waals surface area contributed by atoms with Crippen LogP contribution in [0.25, 0.3) is 5.57 Å². The Morgan fingerprint density at radius 1 is 1.18 bits per heavy atom. The molecule has 0 radical (unpaired) electrons. The number of allylic oxidation sites excluding steroid dienone is 1. The molecule has 3 rings (SSSR count). The zero-order valence-corrected chi connectivity index (χ0v) is 14.3. The topological polar surface area (TPSA) is 29.3 Å². The van der Waals surface area contributed by atoms with Crippen molar-refractivity contribution in [3.8, 4) is 0 Å². The monoisotopic (exact) mass is 361 g/mol. The van der Waals surface area contributed by atoms with Crippen LogP contribution in [-0.2, 0) is 4.74 Å². The second-order valence-electron chi connectivity index (χ2n) is 5.01. The van der Waals surface area contributed by atoms with Gasteiger partial charge in [0.25, 0.3) is 0 Å². The Balaban J connectivity index is 0.00000176. The van der Waals surface area contributed by atoms with Gasteiger partial charge in [0.15, 0.2) is 0 Å². The highest BCUT2D eigenvalue weighted by molar-refractivity contribution is 6.30. The zero-order valence-electron chi connectivity index (χ0n) is 12.1. The summed E-state index contributed by atoms with van der Waals surface area (Å²) in [7, 11) is 0. The molecular formula is C15H18Cl3N3O. The fraction of sp³-hybridized carbons (Fsp3) is 0.400. The summed E-state index contributed by atoms with van der Waals surface area (Å²) in [5.74, 6) is 1.77. The molecule has 2 aliphatic heterocycles. The first-order chi connectivity index (χ1) is 10.3. The van der Waals surface area contributed by atoms with Crippen LogP contribution in [0, 0.1) is 0 Å². The first-order valence-corrected chi connectivity index (χ1v) is 8.00. The molecular weight excluding hydrogens is 345 g/mol. The molecule has 0 aromatic heterocycles. The number of benzene rings is 1. The third-order valence-corrected chi connectivity index (χ3v) is 4.13. The van der Waals surface area contributed by atoms with Crippen molar-refractivity contribution in [2.24, 2.45) is 5.10 Å². The maximum Gasteiger partial charge on any atom is 0.238 e. The molecule has 1 saturated heterocycles. The number of ether oxygens (including phenoxy) is 1. The van der Waals surface area contributed by atoms with E-state index in [9.17, 15) is 0 Å². The number of hydrogen-bond donors (Lipinski definition) is 1. The lowest BCUT2D eigenvalue weighted by molar-refractivity contribution is -0.871. The van der Waals surface area contributed by atoms with Gasteiger partial charge in [-0.15, -0.1) is 11.6 Å². The van der Waals surface area contributed by atoms with Gasteiger partial charge in [-0.2, -0.15) is 5.01 Å². The van der Waals surface area contributed by atoms with Crippen molar-refractivity contribution in [2.45, 2.75) is 0 Å². The highest BCUT2D eigenvalue weighted by Gasteiger charge is 2.31. The molecule has 1 fully saturated rings. The van der Waals surface area contributed by atoms with Crippen molar-refractivity contribution in [3.05, 3.63) is 40.7 Å². The van der Waals surface area contributed by atoms with Crippen molar-refractivity contribution < 1.29 is 22.2 Å². The Kier molecular flexibility index (Phi) is 6.53. The molecule has 0 spiro atoms. The van der Waals surface area contributed by atoms with E-state index in [1.54, 1.807) is 0 Å². The molecule has 1 aromatic carbocycles. The normalized spacial score (nSPS) is 21.2. The standard InChI is InChI=1S/C15H17Cl2N3O.ClH/c16-5-6-20-15(19-7-9-21-10-8-19)14(11-18-20)12-1-3-13(17)4-2-12;/h1-4,11H,5-10H2;1H. The van der Waals surface area contributed by atoms with Crippen molar-refractivity contribution in [2.75, 3.05) is 38.7 Å². The van der Waals surface area contributed by atoms with Gasteiger partial charge in [-0.25, -0.2) is 0 Å². The summed E-state index contributed by atoms with van der Waals surface area (Å²) in [6.45, 7) is 4.07. The minimum atomic E-state index is 0. The highest BCUT2D eigenvalue weighted by Crippen LogP contribution is 2.21. The summed E-state index contributed by atoms with van der Waals surface area (Å²) in [4.78, 5) is 2.35. The summed E-state index contributed by atoms with van der Waals surface area (Å²) in [6, 6.07) is 7.89. The lowest BCUT2D eigenvalue weighted by Crippen LogP contribution is -3.06.